The molecule has 0 radical (unpaired) electrons. The van der Waals surface area contributed by atoms with Crippen LogP contribution in [-0.2, 0) is 0 Å². The Morgan fingerprint density at radius 1 is 1.15 bits per heavy atom. The highest BCUT2D eigenvalue weighted by Gasteiger charge is 2.28. The van der Waals surface area contributed by atoms with Gasteiger partial charge in [0.1, 0.15) is 17.8 Å². The maximum absolute atomic E-state index is 14.3. The third-order valence-corrected chi connectivity index (χ3v) is 4.79. The van der Waals surface area contributed by atoms with Gasteiger partial charge in [-0.3, -0.25) is 4.79 Å². The van der Waals surface area contributed by atoms with Gasteiger partial charge in [0.05, 0.1) is 11.1 Å². The summed E-state index contributed by atoms with van der Waals surface area (Å²) in [6, 6.07) is 6.90. The molecule has 4 nitrogen and oxygen atoms in total. The molecular weight excluding hydrogens is 379 g/mol. The predicted octanol–water partition coefficient (Wildman–Crippen LogP) is 4.53. The number of halogens is 4. The molecule has 0 amide bonds. The maximum Gasteiger partial charge on any atom is 0.272 e. The number of nitrogens with one attached hydrogen (secondary N) is 2. The second-order valence-electron chi connectivity index (χ2n) is 6.59. The van der Waals surface area contributed by atoms with Crippen LogP contribution in [-0.4, -0.2) is 22.9 Å². The zero-order chi connectivity index (χ0) is 19.1. The molecule has 27 heavy (non-hydrogen) atoms. The molecule has 1 aliphatic carbocycles. The van der Waals surface area contributed by atoms with E-state index in [1.165, 1.54) is 12.1 Å². The monoisotopic (exact) mass is 393 g/mol. The zero-order valence-electron chi connectivity index (χ0n) is 14.0. The molecule has 0 saturated heterocycles. The summed E-state index contributed by atoms with van der Waals surface area (Å²) in [7, 11) is 0. The highest BCUT2D eigenvalue weighted by molar-refractivity contribution is 6.30. The average molecular weight is 394 g/mol. The number of benzene rings is 2. The van der Waals surface area contributed by atoms with Gasteiger partial charge < -0.3 is 5.32 Å². The molecular formula is C19H15ClF3N3O. The van der Waals surface area contributed by atoms with Crippen molar-refractivity contribution in [3.8, 4) is 0 Å². The molecule has 2 N–H and O–H groups in total. The van der Waals surface area contributed by atoms with E-state index in [4.69, 9.17) is 11.6 Å². The van der Waals surface area contributed by atoms with Gasteiger partial charge in [-0.1, -0.05) is 17.7 Å². The molecule has 1 atom stereocenters. The van der Waals surface area contributed by atoms with Gasteiger partial charge in [0.25, 0.3) is 5.56 Å². The molecule has 0 spiro atoms. The Bertz CT molecular complexity index is 1080. The molecule has 5 rings (SSSR count). The second kappa shape index (κ2) is 6.88. The molecule has 1 unspecified atom stereocenters. The van der Waals surface area contributed by atoms with E-state index in [0.29, 0.717) is 33.9 Å². The topological polar surface area (TPSA) is 57.8 Å². The van der Waals surface area contributed by atoms with Crippen LogP contribution in [0.2, 0.25) is 5.02 Å². The van der Waals surface area contributed by atoms with E-state index in [0.717, 1.165) is 18.9 Å². The number of H-pyrrole nitrogens is 1. The van der Waals surface area contributed by atoms with Crippen molar-refractivity contribution < 1.29 is 13.2 Å². The molecule has 2 heterocycles. The number of hydrogen-bond acceptors (Lipinski definition) is 3. The average Bonchev–Trinajstić information content (AvgIpc) is 3.41. The Morgan fingerprint density at radius 3 is 2.56 bits per heavy atom. The number of alkyl halides is 1. The van der Waals surface area contributed by atoms with Gasteiger partial charge in [0.2, 0.25) is 0 Å². The largest absolute Gasteiger partial charge is 0.383 e. The van der Waals surface area contributed by atoms with Crippen LogP contribution in [0.4, 0.5) is 18.9 Å². The molecule has 0 bridgehead atoms. The van der Waals surface area contributed by atoms with E-state index in [-0.39, 0.29) is 5.39 Å². The van der Waals surface area contributed by atoms with Crippen molar-refractivity contribution in [3.05, 3.63) is 68.6 Å². The summed E-state index contributed by atoms with van der Waals surface area (Å²) in [5.41, 5.74) is 0.926. The van der Waals surface area contributed by atoms with Gasteiger partial charge in [0, 0.05) is 28.6 Å². The SMILES string of the molecule is FC1CC1.O=c1[nH]nc2c3c(cc(F)cc13)NCC2c1ccc(Cl)cc1F. The first kappa shape index (κ1) is 17.9. The van der Waals surface area contributed by atoms with Crippen LogP contribution >= 0.6 is 11.6 Å². The minimum Gasteiger partial charge on any atom is -0.383 e. The quantitative estimate of drug-likeness (QED) is 0.638. The maximum atomic E-state index is 14.3. The zero-order valence-corrected chi connectivity index (χ0v) is 14.8. The summed E-state index contributed by atoms with van der Waals surface area (Å²) in [5.74, 6) is -1.38. The van der Waals surface area contributed by atoms with E-state index < -0.39 is 29.3 Å². The normalized spacial score (nSPS) is 17.9. The number of aromatic amines is 1. The first-order valence-electron chi connectivity index (χ1n) is 8.48. The Kier molecular flexibility index (Phi) is 4.55. The van der Waals surface area contributed by atoms with Crippen molar-refractivity contribution >= 4 is 28.1 Å². The smallest absolute Gasteiger partial charge is 0.272 e. The van der Waals surface area contributed by atoms with Crippen molar-refractivity contribution in [1.82, 2.24) is 10.2 Å². The van der Waals surface area contributed by atoms with Crippen molar-refractivity contribution in [1.29, 1.82) is 0 Å². The highest BCUT2D eigenvalue weighted by Crippen LogP contribution is 2.38. The number of nitrogens with zero attached hydrogens (tertiary/aromatic N) is 1. The van der Waals surface area contributed by atoms with Crippen molar-refractivity contribution in [3.63, 3.8) is 0 Å². The van der Waals surface area contributed by atoms with Crippen LogP contribution in [0.3, 0.4) is 0 Å². The lowest BCUT2D eigenvalue weighted by atomic mass is 9.88. The molecule has 140 valence electrons. The summed E-state index contributed by atoms with van der Waals surface area (Å²) >= 11 is 5.80. The third-order valence-electron chi connectivity index (χ3n) is 4.55. The van der Waals surface area contributed by atoms with Crippen LogP contribution in [0.15, 0.2) is 35.1 Å². The van der Waals surface area contributed by atoms with Crippen LogP contribution in [0, 0.1) is 11.6 Å². The van der Waals surface area contributed by atoms with E-state index in [1.807, 2.05) is 0 Å². The van der Waals surface area contributed by atoms with Crippen molar-refractivity contribution in [2.45, 2.75) is 24.9 Å². The molecule has 2 aromatic carbocycles. The summed E-state index contributed by atoms with van der Waals surface area (Å²) < 4.78 is 39.0. The van der Waals surface area contributed by atoms with E-state index in [9.17, 15) is 18.0 Å². The first-order chi connectivity index (χ1) is 12.9. The molecule has 1 aliphatic heterocycles. The van der Waals surface area contributed by atoms with E-state index >= 15 is 0 Å². The van der Waals surface area contributed by atoms with E-state index in [2.05, 4.69) is 15.5 Å². The second-order valence-corrected chi connectivity index (χ2v) is 7.02. The fourth-order valence-corrected chi connectivity index (χ4v) is 3.25. The lowest BCUT2D eigenvalue weighted by molar-refractivity contribution is 0.480. The van der Waals surface area contributed by atoms with Crippen LogP contribution in [0.25, 0.3) is 10.8 Å². The molecule has 1 saturated carbocycles. The van der Waals surface area contributed by atoms with E-state index in [1.54, 1.807) is 12.1 Å². The van der Waals surface area contributed by atoms with Crippen LogP contribution in [0.1, 0.15) is 30.0 Å². The van der Waals surface area contributed by atoms with Crippen molar-refractivity contribution in [2.75, 3.05) is 11.9 Å². The van der Waals surface area contributed by atoms with Crippen LogP contribution in [0.5, 0.6) is 0 Å². The van der Waals surface area contributed by atoms with Gasteiger partial charge in [-0.2, -0.15) is 5.10 Å². The minimum atomic E-state index is -0.515. The fraction of sp³-hybridized carbons (Fsp3) is 0.263. The predicted molar refractivity (Wildman–Crippen MR) is 98.2 cm³/mol. The standard InChI is InChI=1S/C16H10ClF2N3O.C3H5F/c17-7-1-2-9(12(19)3-7)11-6-20-13-5-8(18)4-10-14(13)15(11)21-22-16(10)23;4-3-1-2-3/h1-5,11,20H,6H2,(H,22,23);3H,1-2H2. The Hall–Kier alpha value is -2.54. The van der Waals surface area contributed by atoms with Gasteiger partial charge in [-0.05, 0) is 42.7 Å². The number of anilines is 1. The number of rotatable bonds is 1. The fourth-order valence-electron chi connectivity index (χ4n) is 3.09. The van der Waals surface area contributed by atoms with Gasteiger partial charge in [0.15, 0.2) is 0 Å². The molecule has 8 heteroatoms. The highest BCUT2D eigenvalue weighted by atomic mass is 35.5. The van der Waals surface area contributed by atoms with Crippen molar-refractivity contribution in [2.24, 2.45) is 0 Å². The molecule has 2 aliphatic rings. The minimum absolute atomic E-state index is 0.191. The van der Waals surface area contributed by atoms with Gasteiger partial charge in [-0.25, -0.2) is 18.3 Å². The Morgan fingerprint density at radius 2 is 1.89 bits per heavy atom. The number of aromatic nitrogens is 2. The number of hydrogen-bond donors (Lipinski definition) is 2. The summed E-state index contributed by atoms with van der Waals surface area (Å²) in [5, 5.41) is 10.5. The Labute approximate surface area is 157 Å². The van der Waals surface area contributed by atoms with Gasteiger partial charge >= 0.3 is 0 Å². The first-order valence-corrected chi connectivity index (χ1v) is 8.86. The summed E-state index contributed by atoms with van der Waals surface area (Å²) in [6.07, 6.45) is 1.22. The summed E-state index contributed by atoms with van der Waals surface area (Å²) in [4.78, 5) is 11.9. The lowest BCUT2D eigenvalue weighted by Gasteiger charge is -2.26. The molecule has 1 aromatic heterocycles. The van der Waals surface area contributed by atoms with Gasteiger partial charge in [-0.15, -0.1) is 0 Å². The third kappa shape index (κ3) is 3.51. The molecule has 1 fully saturated rings. The Balaban J connectivity index is 0.000000400. The lowest BCUT2D eigenvalue weighted by Crippen LogP contribution is -2.25. The molecule has 3 aromatic rings. The van der Waals surface area contributed by atoms with Crippen LogP contribution < -0.4 is 10.9 Å². The summed E-state index contributed by atoms with van der Waals surface area (Å²) in [6.45, 7) is 0.336.